The summed E-state index contributed by atoms with van der Waals surface area (Å²) in [7, 11) is 3.61. The van der Waals surface area contributed by atoms with Crippen LogP contribution in [-0.2, 0) is 16.0 Å². The predicted octanol–water partition coefficient (Wildman–Crippen LogP) is 2.40. The van der Waals surface area contributed by atoms with Crippen LogP contribution in [0.5, 0.6) is 0 Å². The summed E-state index contributed by atoms with van der Waals surface area (Å²) in [5.41, 5.74) is 1.63. The smallest absolute Gasteiger partial charge is 0.107 e. The molecule has 2 aliphatic heterocycles. The molecule has 136 valence electrons. The number of nitrogens with zero attached hydrogens (tertiary/aromatic N) is 3. The fourth-order valence-corrected chi connectivity index (χ4v) is 5.11. The van der Waals surface area contributed by atoms with Gasteiger partial charge in [-0.25, -0.2) is 4.98 Å². The molecule has 3 heterocycles. The Kier molecular flexibility index (Phi) is 6.27. The average Bonchev–Trinajstić information content (AvgIpc) is 3.12. The molecule has 3 rings (SSSR count). The van der Waals surface area contributed by atoms with E-state index in [4.69, 9.17) is 9.47 Å². The molecule has 1 aromatic rings. The molecule has 0 radical (unpaired) electrons. The molecule has 5 nitrogen and oxygen atoms in total. The molecule has 2 aliphatic rings. The van der Waals surface area contributed by atoms with Crippen molar-refractivity contribution in [1.29, 1.82) is 0 Å². The molecule has 0 N–H and O–H groups in total. The topological polar surface area (TPSA) is 37.8 Å². The number of hydrogen-bond donors (Lipinski definition) is 0. The maximum absolute atomic E-state index is 5.47. The van der Waals surface area contributed by atoms with Gasteiger partial charge in [0.05, 0.1) is 19.8 Å². The Hall–Kier alpha value is -0.530. The Bertz CT molecular complexity index is 514. The van der Waals surface area contributed by atoms with E-state index in [1.165, 1.54) is 43.9 Å². The van der Waals surface area contributed by atoms with Gasteiger partial charge in [-0.2, -0.15) is 0 Å². The molecule has 1 atom stereocenters. The molecule has 0 aromatic carbocycles. The Morgan fingerprint density at radius 1 is 1.29 bits per heavy atom. The van der Waals surface area contributed by atoms with Crippen molar-refractivity contribution in [1.82, 2.24) is 14.8 Å². The molecule has 0 bridgehead atoms. The van der Waals surface area contributed by atoms with E-state index in [1.807, 2.05) is 7.11 Å². The van der Waals surface area contributed by atoms with Gasteiger partial charge in [0.25, 0.3) is 0 Å². The minimum absolute atomic E-state index is 0.478. The quantitative estimate of drug-likeness (QED) is 0.752. The molecule has 1 aromatic heterocycles. The van der Waals surface area contributed by atoms with Crippen LogP contribution < -0.4 is 0 Å². The Balaban J connectivity index is 1.54. The van der Waals surface area contributed by atoms with Crippen LogP contribution in [0, 0.1) is 12.3 Å². The van der Waals surface area contributed by atoms with Gasteiger partial charge in [-0.1, -0.05) is 0 Å². The molecule has 2 saturated heterocycles. The zero-order valence-corrected chi connectivity index (χ0v) is 16.1. The molecule has 1 spiro atoms. The third-order valence-corrected chi connectivity index (χ3v) is 6.56. The van der Waals surface area contributed by atoms with E-state index >= 15 is 0 Å². The fraction of sp³-hybridized carbons (Fsp3) is 0.833. The number of aryl methyl sites for hydroxylation is 1. The van der Waals surface area contributed by atoms with E-state index in [0.717, 1.165) is 32.0 Å². The number of methoxy groups -OCH3 is 2. The van der Waals surface area contributed by atoms with Crippen molar-refractivity contribution in [3.05, 3.63) is 16.1 Å². The SMILES string of the molecule is COCCN1CC2(CCN(Cc3nc(C)cs3)CC2)C[C@@H]1COC. The lowest BCUT2D eigenvalue weighted by atomic mass is 9.76. The number of ether oxygens (including phenoxy) is 2. The van der Waals surface area contributed by atoms with Gasteiger partial charge in [0.1, 0.15) is 5.01 Å². The first-order chi connectivity index (χ1) is 11.6. The van der Waals surface area contributed by atoms with Crippen LogP contribution in [0.25, 0.3) is 0 Å². The van der Waals surface area contributed by atoms with E-state index in [2.05, 4.69) is 27.1 Å². The second-order valence-corrected chi connectivity index (χ2v) is 8.38. The first-order valence-corrected chi connectivity index (χ1v) is 9.87. The van der Waals surface area contributed by atoms with Crippen molar-refractivity contribution < 1.29 is 9.47 Å². The van der Waals surface area contributed by atoms with Gasteiger partial charge in [0, 0.05) is 44.4 Å². The number of likely N-dealkylation sites (tertiary alicyclic amines) is 2. The minimum atomic E-state index is 0.478. The van der Waals surface area contributed by atoms with Crippen LogP contribution in [-0.4, -0.2) is 74.4 Å². The summed E-state index contributed by atoms with van der Waals surface area (Å²) in [6.07, 6.45) is 3.86. The number of piperidine rings is 1. The maximum atomic E-state index is 5.47. The number of hydrogen-bond acceptors (Lipinski definition) is 6. The molecule has 0 amide bonds. The van der Waals surface area contributed by atoms with Gasteiger partial charge in [0.2, 0.25) is 0 Å². The summed E-state index contributed by atoms with van der Waals surface area (Å²) in [5, 5.41) is 3.41. The van der Waals surface area contributed by atoms with Crippen LogP contribution in [0.4, 0.5) is 0 Å². The van der Waals surface area contributed by atoms with Crippen LogP contribution in [0.3, 0.4) is 0 Å². The largest absolute Gasteiger partial charge is 0.383 e. The van der Waals surface area contributed by atoms with Crippen molar-refractivity contribution in [3.63, 3.8) is 0 Å². The average molecular weight is 354 g/mol. The monoisotopic (exact) mass is 353 g/mol. The first kappa shape index (κ1) is 18.3. The highest BCUT2D eigenvalue weighted by atomic mass is 32.1. The zero-order chi connectivity index (χ0) is 17.0. The van der Waals surface area contributed by atoms with Crippen molar-refractivity contribution in [2.75, 3.05) is 53.6 Å². The van der Waals surface area contributed by atoms with E-state index in [-0.39, 0.29) is 0 Å². The van der Waals surface area contributed by atoms with E-state index in [0.29, 0.717) is 11.5 Å². The van der Waals surface area contributed by atoms with Gasteiger partial charge < -0.3 is 9.47 Å². The van der Waals surface area contributed by atoms with Crippen molar-refractivity contribution in [3.8, 4) is 0 Å². The molecular formula is C18H31N3O2S. The van der Waals surface area contributed by atoms with Gasteiger partial charge in [-0.05, 0) is 44.7 Å². The lowest BCUT2D eigenvalue weighted by Gasteiger charge is -2.39. The third-order valence-electron chi connectivity index (χ3n) is 5.61. The lowest BCUT2D eigenvalue weighted by molar-refractivity contribution is 0.0858. The number of aromatic nitrogens is 1. The highest BCUT2D eigenvalue weighted by molar-refractivity contribution is 7.09. The summed E-state index contributed by atoms with van der Waals surface area (Å²) < 4.78 is 10.8. The van der Waals surface area contributed by atoms with E-state index in [1.54, 1.807) is 18.4 Å². The third kappa shape index (κ3) is 4.35. The molecular weight excluding hydrogens is 322 g/mol. The fourth-order valence-electron chi connectivity index (χ4n) is 4.29. The molecule has 2 fully saturated rings. The normalized spacial score (nSPS) is 24.9. The second kappa shape index (κ2) is 8.23. The van der Waals surface area contributed by atoms with Gasteiger partial charge in [-0.15, -0.1) is 11.3 Å². The Morgan fingerprint density at radius 3 is 2.71 bits per heavy atom. The Morgan fingerprint density at radius 2 is 2.08 bits per heavy atom. The molecule has 24 heavy (non-hydrogen) atoms. The summed E-state index contributed by atoms with van der Waals surface area (Å²) in [5.74, 6) is 0. The number of rotatable bonds is 7. The van der Waals surface area contributed by atoms with Crippen molar-refractivity contribution in [2.45, 2.75) is 38.8 Å². The van der Waals surface area contributed by atoms with Crippen molar-refractivity contribution in [2.24, 2.45) is 5.41 Å². The predicted molar refractivity (Wildman–Crippen MR) is 97.5 cm³/mol. The summed E-state index contributed by atoms with van der Waals surface area (Å²) in [4.78, 5) is 9.78. The highest BCUT2D eigenvalue weighted by Gasteiger charge is 2.45. The van der Waals surface area contributed by atoms with E-state index in [9.17, 15) is 0 Å². The molecule has 0 aliphatic carbocycles. The molecule has 6 heteroatoms. The van der Waals surface area contributed by atoms with Crippen LogP contribution >= 0.6 is 11.3 Å². The van der Waals surface area contributed by atoms with Crippen molar-refractivity contribution >= 4 is 11.3 Å². The summed E-state index contributed by atoms with van der Waals surface area (Å²) in [6.45, 7) is 9.35. The lowest BCUT2D eigenvalue weighted by Crippen LogP contribution is -2.41. The van der Waals surface area contributed by atoms with Crippen LogP contribution in [0.15, 0.2) is 5.38 Å². The van der Waals surface area contributed by atoms with E-state index < -0.39 is 0 Å². The van der Waals surface area contributed by atoms with Crippen LogP contribution in [0.2, 0.25) is 0 Å². The maximum Gasteiger partial charge on any atom is 0.107 e. The molecule has 0 saturated carbocycles. The number of thiazole rings is 1. The Labute approximate surface area is 150 Å². The zero-order valence-electron chi connectivity index (χ0n) is 15.3. The first-order valence-electron chi connectivity index (χ1n) is 8.99. The van der Waals surface area contributed by atoms with Gasteiger partial charge >= 0.3 is 0 Å². The second-order valence-electron chi connectivity index (χ2n) is 7.44. The van der Waals surface area contributed by atoms with Gasteiger partial charge in [0.15, 0.2) is 0 Å². The minimum Gasteiger partial charge on any atom is -0.383 e. The summed E-state index contributed by atoms with van der Waals surface area (Å²) >= 11 is 1.79. The summed E-state index contributed by atoms with van der Waals surface area (Å²) in [6, 6.07) is 0.554. The molecule has 0 unspecified atom stereocenters. The van der Waals surface area contributed by atoms with Gasteiger partial charge in [-0.3, -0.25) is 9.80 Å². The standard InChI is InChI=1S/C18H31N3O2S/c1-15-13-24-17(19-15)11-20-6-4-18(5-7-20)10-16(12-23-3)21(14-18)8-9-22-2/h13,16H,4-12,14H2,1-3H3/t16-/m1/s1. The highest BCUT2D eigenvalue weighted by Crippen LogP contribution is 2.43. The van der Waals surface area contributed by atoms with Crippen LogP contribution in [0.1, 0.15) is 30.0 Å².